The van der Waals surface area contributed by atoms with Crippen molar-refractivity contribution >= 4 is 27.4 Å². The zero-order valence-corrected chi connectivity index (χ0v) is 11.6. The summed E-state index contributed by atoms with van der Waals surface area (Å²) in [6.45, 7) is 4.68. The molecule has 1 aliphatic heterocycles. The van der Waals surface area contributed by atoms with E-state index in [0.717, 1.165) is 48.5 Å². The second-order valence-electron chi connectivity index (χ2n) is 4.23. The molecular formula is C12H18BrN3O. The molecule has 1 fully saturated rings. The van der Waals surface area contributed by atoms with Crippen molar-refractivity contribution in [2.24, 2.45) is 0 Å². The van der Waals surface area contributed by atoms with Crippen LogP contribution in [0.25, 0.3) is 0 Å². The van der Waals surface area contributed by atoms with Crippen molar-refractivity contribution in [3.05, 3.63) is 16.7 Å². The highest BCUT2D eigenvalue weighted by Gasteiger charge is 2.22. The maximum atomic E-state index is 6.00. The lowest BCUT2D eigenvalue weighted by Gasteiger charge is -2.33. The minimum atomic E-state index is 0.304. The Morgan fingerprint density at radius 2 is 2.47 bits per heavy atom. The number of halogens is 1. The van der Waals surface area contributed by atoms with Gasteiger partial charge in [0.05, 0.1) is 11.8 Å². The summed E-state index contributed by atoms with van der Waals surface area (Å²) in [7, 11) is 0. The van der Waals surface area contributed by atoms with Crippen LogP contribution >= 0.6 is 15.9 Å². The molecule has 0 radical (unpaired) electrons. The van der Waals surface area contributed by atoms with Crippen molar-refractivity contribution in [3.63, 3.8) is 0 Å². The molecule has 0 aliphatic carbocycles. The largest absolute Gasteiger partial charge is 0.396 e. The molecule has 1 unspecified atom stereocenters. The van der Waals surface area contributed by atoms with Gasteiger partial charge in [-0.05, 0) is 41.8 Å². The smallest absolute Gasteiger partial charge is 0.151 e. The first-order valence-corrected chi connectivity index (χ1v) is 6.77. The van der Waals surface area contributed by atoms with Crippen molar-refractivity contribution in [1.29, 1.82) is 0 Å². The molecule has 2 N–H and O–H groups in total. The summed E-state index contributed by atoms with van der Waals surface area (Å²) in [5.41, 5.74) is 6.72. The average molecular weight is 300 g/mol. The lowest BCUT2D eigenvalue weighted by molar-refractivity contribution is 0.0525. The number of hydrogen-bond donors (Lipinski definition) is 1. The number of nitrogens with zero attached hydrogens (tertiary/aromatic N) is 2. The van der Waals surface area contributed by atoms with Crippen LogP contribution in [-0.4, -0.2) is 30.8 Å². The zero-order chi connectivity index (χ0) is 12.3. The molecule has 1 aromatic heterocycles. The van der Waals surface area contributed by atoms with Crippen molar-refractivity contribution < 1.29 is 4.74 Å². The van der Waals surface area contributed by atoms with Gasteiger partial charge in [-0.15, -0.1) is 0 Å². The highest BCUT2D eigenvalue weighted by molar-refractivity contribution is 9.10. The Morgan fingerprint density at radius 3 is 3.18 bits per heavy atom. The monoisotopic (exact) mass is 299 g/mol. The van der Waals surface area contributed by atoms with Crippen LogP contribution in [0.4, 0.5) is 11.5 Å². The van der Waals surface area contributed by atoms with Crippen LogP contribution in [0.5, 0.6) is 0 Å². The molecule has 5 heteroatoms. The number of rotatable bonds is 3. The van der Waals surface area contributed by atoms with Crippen LogP contribution in [0.1, 0.15) is 19.8 Å². The van der Waals surface area contributed by atoms with Crippen molar-refractivity contribution in [3.8, 4) is 0 Å². The summed E-state index contributed by atoms with van der Waals surface area (Å²) in [6, 6.07) is 1.90. The van der Waals surface area contributed by atoms with Crippen LogP contribution in [-0.2, 0) is 4.74 Å². The molecule has 0 bridgehead atoms. The van der Waals surface area contributed by atoms with E-state index < -0.39 is 0 Å². The van der Waals surface area contributed by atoms with Gasteiger partial charge in [0.1, 0.15) is 0 Å². The van der Waals surface area contributed by atoms with E-state index in [1.807, 2.05) is 13.0 Å². The van der Waals surface area contributed by atoms with Crippen LogP contribution in [0.2, 0.25) is 0 Å². The van der Waals surface area contributed by atoms with E-state index in [9.17, 15) is 0 Å². The molecule has 1 atom stereocenters. The third kappa shape index (κ3) is 3.10. The summed E-state index contributed by atoms with van der Waals surface area (Å²) in [5.74, 6) is 0.873. The first kappa shape index (κ1) is 12.6. The summed E-state index contributed by atoms with van der Waals surface area (Å²) in [5, 5.41) is 0. The van der Waals surface area contributed by atoms with E-state index in [-0.39, 0.29) is 0 Å². The van der Waals surface area contributed by atoms with Crippen LogP contribution in [0, 0.1) is 0 Å². The molecule has 1 aromatic rings. The van der Waals surface area contributed by atoms with Gasteiger partial charge in [-0.25, -0.2) is 4.98 Å². The Kier molecular flexibility index (Phi) is 4.23. The number of nitrogens with two attached hydrogens (primary N) is 1. The number of ether oxygens (including phenoxy) is 1. The third-order valence-corrected chi connectivity index (χ3v) is 3.38. The minimum Gasteiger partial charge on any atom is -0.396 e. The van der Waals surface area contributed by atoms with Gasteiger partial charge >= 0.3 is 0 Å². The zero-order valence-electron chi connectivity index (χ0n) is 10.0. The highest BCUT2D eigenvalue weighted by Crippen LogP contribution is 2.26. The predicted octanol–water partition coefficient (Wildman–Crippen LogP) is 2.43. The second-order valence-corrected chi connectivity index (χ2v) is 5.15. The van der Waals surface area contributed by atoms with Gasteiger partial charge in [0, 0.05) is 30.4 Å². The fraction of sp³-hybridized carbons (Fsp3) is 0.583. The summed E-state index contributed by atoms with van der Waals surface area (Å²) in [6.07, 6.45) is 4.34. The van der Waals surface area contributed by atoms with Gasteiger partial charge in [-0.1, -0.05) is 0 Å². The lowest BCUT2D eigenvalue weighted by Crippen LogP contribution is -2.40. The fourth-order valence-electron chi connectivity index (χ4n) is 2.21. The molecule has 2 heterocycles. The van der Waals surface area contributed by atoms with E-state index in [1.165, 1.54) is 0 Å². The average Bonchev–Trinajstić information content (AvgIpc) is 2.29. The molecule has 0 saturated carbocycles. The molecule has 94 valence electrons. The van der Waals surface area contributed by atoms with Gasteiger partial charge in [-0.3, -0.25) is 0 Å². The van der Waals surface area contributed by atoms with E-state index in [1.54, 1.807) is 6.20 Å². The number of anilines is 2. The first-order chi connectivity index (χ1) is 8.20. The number of piperidine rings is 1. The van der Waals surface area contributed by atoms with Crippen LogP contribution in [0.15, 0.2) is 16.7 Å². The number of pyridine rings is 1. The van der Waals surface area contributed by atoms with E-state index >= 15 is 0 Å². The summed E-state index contributed by atoms with van der Waals surface area (Å²) >= 11 is 3.37. The standard InChI is InChI=1S/C12H18BrN3O/c1-2-17-10-4-3-5-16(8-10)12-11(14)6-9(13)7-15-12/h6-7,10H,2-5,8,14H2,1H3. The normalized spacial score (nSPS) is 20.6. The molecule has 1 saturated heterocycles. The molecule has 4 nitrogen and oxygen atoms in total. The Hall–Kier alpha value is -0.810. The lowest BCUT2D eigenvalue weighted by atomic mass is 10.1. The minimum absolute atomic E-state index is 0.304. The molecule has 0 spiro atoms. The molecule has 0 aromatic carbocycles. The Morgan fingerprint density at radius 1 is 1.65 bits per heavy atom. The fourth-order valence-corrected chi connectivity index (χ4v) is 2.56. The van der Waals surface area contributed by atoms with Crippen LogP contribution < -0.4 is 10.6 Å². The SMILES string of the molecule is CCOC1CCCN(c2ncc(Br)cc2N)C1. The maximum Gasteiger partial charge on any atom is 0.151 e. The second kappa shape index (κ2) is 5.69. The van der Waals surface area contributed by atoms with Gasteiger partial charge < -0.3 is 15.4 Å². The maximum absolute atomic E-state index is 6.00. The molecule has 1 aliphatic rings. The number of hydrogen-bond acceptors (Lipinski definition) is 4. The Labute approximate surface area is 110 Å². The quantitative estimate of drug-likeness (QED) is 0.931. The predicted molar refractivity (Wildman–Crippen MR) is 73.2 cm³/mol. The van der Waals surface area contributed by atoms with Crippen molar-refractivity contribution in [1.82, 2.24) is 4.98 Å². The van der Waals surface area contributed by atoms with Crippen LogP contribution in [0.3, 0.4) is 0 Å². The van der Waals surface area contributed by atoms with Gasteiger partial charge in [0.2, 0.25) is 0 Å². The summed E-state index contributed by atoms with van der Waals surface area (Å²) < 4.78 is 6.59. The molecule has 2 rings (SSSR count). The number of nitrogen functional groups attached to an aromatic ring is 1. The van der Waals surface area contributed by atoms with E-state index in [2.05, 4.69) is 25.8 Å². The Balaban J connectivity index is 2.10. The van der Waals surface area contributed by atoms with E-state index in [4.69, 9.17) is 10.5 Å². The molecule has 0 amide bonds. The van der Waals surface area contributed by atoms with Crippen molar-refractivity contribution in [2.45, 2.75) is 25.9 Å². The molecule has 17 heavy (non-hydrogen) atoms. The topological polar surface area (TPSA) is 51.4 Å². The van der Waals surface area contributed by atoms with Gasteiger partial charge in [-0.2, -0.15) is 0 Å². The summed E-state index contributed by atoms with van der Waals surface area (Å²) in [4.78, 5) is 6.61. The number of aromatic nitrogens is 1. The van der Waals surface area contributed by atoms with Crippen molar-refractivity contribution in [2.75, 3.05) is 30.3 Å². The molecular weight excluding hydrogens is 282 g/mol. The van der Waals surface area contributed by atoms with Gasteiger partial charge in [0.15, 0.2) is 5.82 Å². The van der Waals surface area contributed by atoms with Gasteiger partial charge in [0.25, 0.3) is 0 Å². The third-order valence-electron chi connectivity index (χ3n) is 2.94. The highest BCUT2D eigenvalue weighted by atomic mass is 79.9. The Bertz CT molecular complexity index is 384. The van der Waals surface area contributed by atoms with E-state index in [0.29, 0.717) is 6.10 Å². The first-order valence-electron chi connectivity index (χ1n) is 5.98.